The Balaban J connectivity index is 1.93. The molecule has 5 heteroatoms. The number of aromatic carboxylic acids is 1. The molecule has 0 radical (unpaired) electrons. The Morgan fingerprint density at radius 2 is 1.72 bits per heavy atom. The van der Waals surface area contributed by atoms with Crippen LogP contribution in [0, 0.1) is 0 Å². The van der Waals surface area contributed by atoms with Gasteiger partial charge in [0.2, 0.25) is 0 Å². The highest BCUT2D eigenvalue weighted by Crippen LogP contribution is 2.34. The molecule has 2 nitrogen and oxygen atoms in total. The molecular formula is C20H13BrF2O2. The lowest BCUT2D eigenvalue weighted by molar-refractivity contribution is 0.0697. The summed E-state index contributed by atoms with van der Waals surface area (Å²) in [6.07, 6.45) is 1.14. The van der Waals surface area contributed by atoms with Gasteiger partial charge in [0, 0.05) is 10.0 Å². The van der Waals surface area contributed by atoms with E-state index in [1.807, 2.05) is 30.4 Å². The minimum Gasteiger partial charge on any atom is -0.478 e. The predicted octanol–water partition coefficient (Wildman–Crippen LogP) is 6.41. The molecule has 0 heterocycles. The molecule has 0 amide bonds. The van der Waals surface area contributed by atoms with Crippen LogP contribution in [-0.2, 0) is 0 Å². The topological polar surface area (TPSA) is 37.3 Å². The number of rotatable bonds is 4. The van der Waals surface area contributed by atoms with Crippen molar-refractivity contribution in [2.24, 2.45) is 0 Å². The van der Waals surface area contributed by atoms with Crippen molar-refractivity contribution in [3.8, 4) is 0 Å². The molecule has 126 valence electrons. The lowest BCUT2D eigenvalue weighted by Crippen LogP contribution is -1.95. The summed E-state index contributed by atoms with van der Waals surface area (Å²) in [7, 11) is 0. The zero-order valence-corrected chi connectivity index (χ0v) is 14.5. The van der Waals surface area contributed by atoms with E-state index in [9.17, 15) is 13.6 Å². The molecule has 0 aliphatic heterocycles. The fourth-order valence-electron chi connectivity index (χ4n) is 2.57. The van der Waals surface area contributed by atoms with Crippen LogP contribution in [0.25, 0.3) is 22.9 Å². The van der Waals surface area contributed by atoms with Gasteiger partial charge in [0.1, 0.15) is 0 Å². The Morgan fingerprint density at radius 1 is 1.00 bits per heavy atom. The van der Waals surface area contributed by atoms with E-state index in [-0.39, 0.29) is 11.1 Å². The summed E-state index contributed by atoms with van der Waals surface area (Å²) in [5.74, 6) is -0.972. The Bertz CT molecular complexity index is 981. The van der Waals surface area contributed by atoms with E-state index in [0.717, 1.165) is 21.9 Å². The Morgan fingerprint density at radius 3 is 2.40 bits per heavy atom. The predicted molar refractivity (Wildman–Crippen MR) is 98.9 cm³/mol. The number of benzene rings is 3. The maximum absolute atomic E-state index is 12.9. The molecule has 3 aromatic carbocycles. The Hall–Kier alpha value is -2.53. The first-order valence-electron chi connectivity index (χ1n) is 7.47. The Labute approximate surface area is 151 Å². The van der Waals surface area contributed by atoms with Crippen molar-refractivity contribution in [2.45, 2.75) is 6.43 Å². The second-order valence-electron chi connectivity index (χ2n) is 5.51. The van der Waals surface area contributed by atoms with Gasteiger partial charge >= 0.3 is 5.97 Å². The van der Waals surface area contributed by atoms with Crippen LogP contribution in [0.2, 0.25) is 0 Å². The Kier molecular flexibility index (Phi) is 4.95. The van der Waals surface area contributed by atoms with Gasteiger partial charge in [-0.1, -0.05) is 48.6 Å². The number of alkyl halides is 2. The number of hydrogen-bond acceptors (Lipinski definition) is 1. The molecule has 0 saturated carbocycles. The van der Waals surface area contributed by atoms with Gasteiger partial charge in [0.25, 0.3) is 6.43 Å². The van der Waals surface area contributed by atoms with Crippen molar-refractivity contribution < 1.29 is 18.7 Å². The molecule has 0 saturated heterocycles. The van der Waals surface area contributed by atoms with Crippen molar-refractivity contribution >= 4 is 44.8 Å². The SMILES string of the molecule is O=C(O)c1cccc(/C=C/c2ccc3c(Br)c(C(F)F)ccc3c2)c1. The first-order valence-corrected chi connectivity index (χ1v) is 8.27. The smallest absolute Gasteiger partial charge is 0.335 e. The summed E-state index contributed by atoms with van der Waals surface area (Å²) in [5, 5.41) is 10.6. The molecule has 0 aliphatic rings. The first kappa shape index (κ1) is 17.3. The van der Waals surface area contributed by atoms with Gasteiger partial charge in [0.05, 0.1) is 5.56 Å². The third kappa shape index (κ3) is 3.77. The third-order valence-electron chi connectivity index (χ3n) is 3.84. The van der Waals surface area contributed by atoms with E-state index < -0.39 is 12.4 Å². The normalized spacial score (nSPS) is 11.5. The minimum atomic E-state index is -2.53. The second-order valence-corrected chi connectivity index (χ2v) is 6.31. The van der Waals surface area contributed by atoms with Gasteiger partial charge in [-0.25, -0.2) is 13.6 Å². The molecule has 0 aliphatic carbocycles. The fourth-order valence-corrected chi connectivity index (χ4v) is 3.23. The number of hydrogen-bond donors (Lipinski definition) is 1. The minimum absolute atomic E-state index is 0.0266. The highest BCUT2D eigenvalue weighted by atomic mass is 79.9. The van der Waals surface area contributed by atoms with Crippen molar-refractivity contribution in [3.05, 3.63) is 81.3 Å². The monoisotopic (exact) mass is 402 g/mol. The van der Waals surface area contributed by atoms with Gasteiger partial charge in [-0.3, -0.25) is 0 Å². The lowest BCUT2D eigenvalue weighted by Gasteiger charge is -2.08. The largest absolute Gasteiger partial charge is 0.478 e. The van der Waals surface area contributed by atoms with Crippen molar-refractivity contribution in [2.75, 3.05) is 0 Å². The van der Waals surface area contributed by atoms with Crippen LogP contribution < -0.4 is 0 Å². The molecule has 0 atom stereocenters. The van der Waals surface area contributed by atoms with E-state index in [2.05, 4.69) is 15.9 Å². The molecule has 3 aromatic rings. The zero-order valence-electron chi connectivity index (χ0n) is 12.9. The highest BCUT2D eigenvalue weighted by Gasteiger charge is 2.13. The fraction of sp³-hybridized carbons (Fsp3) is 0.0500. The average Bonchev–Trinajstić information content (AvgIpc) is 2.60. The molecule has 0 aromatic heterocycles. The number of fused-ring (bicyclic) bond motifs is 1. The van der Waals surface area contributed by atoms with Crippen LogP contribution in [0.3, 0.4) is 0 Å². The summed E-state index contributed by atoms with van der Waals surface area (Å²) in [4.78, 5) is 11.0. The van der Waals surface area contributed by atoms with E-state index in [1.54, 1.807) is 24.3 Å². The van der Waals surface area contributed by atoms with Crippen LogP contribution in [-0.4, -0.2) is 11.1 Å². The average molecular weight is 403 g/mol. The van der Waals surface area contributed by atoms with Crippen molar-refractivity contribution in [1.29, 1.82) is 0 Å². The molecule has 1 N–H and O–H groups in total. The molecule has 0 spiro atoms. The van der Waals surface area contributed by atoms with Gasteiger partial charge < -0.3 is 5.11 Å². The first-order chi connectivity index (χ1) is 12.0. The zero-order chi connectivity index (χ0) is 18.0. The molecule has 3 rings (SSSR count). The van der Waals surface area contributed by atoms with Crippen molar-refractivity contribution in [1.82, 2.24) is 0 Å². The summed E-state index contributed by atoms with van der Waals surface area (Å²) in [5.41, 5.74) is 1.87. The number of carboxylic acid groups (broad SMARTS) is 1. The van der Waals surface area contributed by atoms with E-state index in [4.69, 9.17) is 5.11 Å². The maximum Gasteiger partial charge on any atom is 0.335 e. The van der Waals surface area contributed by atoms with Crippen LogP contribution in [0.4, 0.5) is 8.78 Å². The molecular weight excluding hydrogens is 390 g/mol. The van der Waals surface area contributed by atoms with Crippen LogP contribution in [0.1, 0.15) is 33.5 Å². The summed E-state index contributed by atoms with van der Waals surface area (Å²) in [6, 6.07) is 15.2. The van der Waals surface area contributed by atoms with Gasteiger partial charge in [-0.15, -0.1) is 0 Å². The third-order valence-corrected chi connectivity index (χ3v) is 4.73. The van der Waals surface area contributed by atoms with Crippen LogP contribution in [0.5, 0.6) is 0 Å². The van der Waals surface area contributed by atoms with E-state index in [1.165, 1.54) is 12.1 Å². The molecule has 0 fully saturated rings. The number of carboxylic acids is 1. The lowest BCUT2D eigenvalue weighted by atomic mass is 10.0. The number of halogens is 3. The quantitative estimate of drug-likeness (QED) is 0.512. The molecule has 0 bridgehead atoms. The summed E-state index contributed by atoms with van der Waals surface area (Å²) < 4.78 is 26.3. The van der Waals surface area contributed by atoms with Crippen LogP contribution >= 0.6 is 15.9 Å². The van der Waals surface area contributed by atoms with Crippen molar-refractivity contribution in [3.63, 3.8) is 0 Å². The van der Waals surface area contributed by atoms with Gasteiger partial charge in [-0.05, 0) is 56.0 Å². The molecule has 0 unspecified atom stereocenters. The number of carbonyl (C=O) groups is 1. The molecule has 25 heavy (non-hydrogen) atoms. The summed E-state index contributed by atoms with van der Waals surface area (Å²) in [6.45, 7) is 0. The maximum atomic E-state index is 12.9. The van der Waals surface area contributed by atoms with E-state index in [0.29, 0.717) is 4.47 Å². The van der Waals surface area contributed by atoms with E-state index >= 15 is 0 Å². The standard InChI is InChI=1S/C20H13BrF2O2/c21-18-16-8-6-13(10-14(16)7-9-17(18)19(22)23)5-4-12-2-1-3-15(11-12)20(24)25/h1-11,19H,(H,24,25)/b5-4+. The van der Waals surface area contributed by atoms with Gasteiger partial charge in [-0.2, -0.15) is 0 Å². The summed E-state index contributed by atoms with van der Waals surface area (Å²) >= 11 is 3.25. The van der Waals surface area contributed by atoms with Gasteiger partial charge in [0.15, 0.2) is 0 Å². The van der Waals surface area contributed by atoms with Crippen LogP contribution in [0.15, 0.2) is 59.1 Å². The highest BCUT2D eigenvalue weighted by molar-refractivity contribution is 9.10. The second kappa shape index (κ2) is 7.15.